The summed E-state index contributed by atoms with van der Waals surface area (Å²) in [5, 5.41) is 12.0. The summed E-state index contributed by atoms with van der Waals surface area (Å²) in [4.78, 5) is 4.12. The summed E-state index contributed by atoms with van der Waals surface area (Å²) in [6.07, 6.45) is 0. The molecule has 4 nitrogen and oxygen atoms in total. The number of hydrogen-bond donors (Lipinski definition) is 2. The fraction of sp³-hybridized carbons (Fsp3) is 0. The van der Waals surface area contributed by atoms with Crippen LogP contribution in [-0.4, -0.2) is 4.98 Å². The van der Waals surface area contributed by atoms with Gasteiger partial charge in [0.15, 0.2) is 5.69 Å². The van der Waals surface area contributed by atoms with Crippen molar-refractivity contribution in [2.24, 2.45) is 0 Å². The largest absolute Gasteiger partial charge is 0.396 e. The average Bonchev–Trinajstić information content (AvgIpc) is 2.36. The Hall–Kier alpha value is -1.58. The van der Waals surface area contributed by atoms with Crippen molar-refractivity contribution in [3.05, 3.63) is 45.0 Å². The fourth-order valence-corrected chi connectivity index (χ4v) is 2.07. The standard InChI is InChI=1S/C12H8Br2N4/c13-7-1-2-8(14)10(5-7)17-12-4-3-9(16)11(6-15)18-12/h1-5H,16H2,(H,17,18). The van der Waals surface area contributed by atoms with E-state index >= 15 is 0 Å². The van der Waals surface area contributed by atoms with Crippen molar-refractivity contribution in [3.63, 3.8) is 0 Å². The zero-order chi connectivity index (χ0) is 13.1. The predicted octanol–water partition coefficient (Wildman–Crippen LogP) is 3.80. The molecule has 90 valence electrons. The van der Waals surface area contributed by atoms with Crippen LogP contribution in [0.25, 0.3) is 0 Å². The molecule has 0 saturated heterocycles. The summed E-state index contributed by atoms with van der Waals surface area (Å²) in [7, 11) is 0. The molecule has 18 heavy (non-hydrogen) atoms. The number of nitrogens with two attached hydrogens (primary N) is 1. The van der Waals surface area contributed by atoms with E-state index < -0.39 is 0 Å². The fourth-order valence-electron chi connectivity index (χ4n) is 1.36. The van der Waals surface area contributed by atoms with Crippen molar-refractivity contribution in [1.29, 1.82) is 5.26 Å². The highest BCUT2D eigenvalue weighted by atomic mass is 79.9. The minimum atomic E-state index is 0.214. The summed E-state index contributed by atoms with van der Waals surface area (Å²) < 4.78 is 1.85. The second-order valence-electron chi connectivity index (χ2n) is 3.50. The molecule has 1 aromatic carbocycles. The molecule has 2 aromatic rings. The van der Waals surface area contributed by atoms with Crippen LogP contribution in [0.5, 0.6) is 0 Å². The quantitative estimate of drug-likeness (QED) is 0.846. The minimum absolute atomic E-state index is 0.214. The van der Waals surface area contributed by atoms with E-state index in [4.69, 9.17) is 11.0 Å². The normalized spacial score (nSPS) is 9.83. The molecule has 0 fully saturated rings. The first-order chi connectivity index (χ1) is 8.60. The summed E-state index contributed by atoms with van der Waals surface area (Å²) in [5.74, 6) is 0.569. The van der Waals surface area contributed by atoms with Gasteiger partial charge in [-0.1, -0.05) is 15.9 Å². The molecule has 0 amide bonds. The predicted molar refractivity (Wildman–Crippen MR) is 78.5 cm³/mol. The van der Waals surface area contributed by atoms with E-state index in [1.165, 1.54) is 0 Å². The van der Waals surface area contributed by atoms with Gasteiger partial charge in [0.05, 0.1) is 11.4 Å². The molecule has 0 spiro atoms. The van der Waals surface area contributed by atoms with Crippen LogP contribution in [0.15, 0.2) is 39.3 Å². The van der Waals surface area contributed by atoms with Crippen LogP contribution in [0.2, 0.25) is 0 Å². The van der Waals surface area contributed by atoms with Crippen LogP contribution in [-0.2, 0) is 0 Å². The van der Waals surface area contributed by atoms with Crippen molar-refractivity contribution in [1.82, 2.24) is 4.98 Å². The number of aromatic nitrogens is 1. The van der Waals surface area contributed by atoms with Gasteiger partial charge in [-0.3, -0.25) is 0 Å². The molecule has 3 N–H and O–H groups in total. The summed E-state index contributed by atoms with van der Waals surface area (Å²) in [6, 6.07) is 11.1. The van der Waals surface area contributed by atoms with Crippen LogP contribution in [0.3, 0.4) is 0 Å². The molecule has 0 aliphatic heterocycles. The molecule has 0 saturated carbocycles. The van der Waals surface area contributed by atoms with Gasteiger partial charge in [-0.2, -0.15) is 5.26 Å². The maximum absolute atomic E-state index is 8.87. The average molecular weight is 368 g/mol. The van der Waals surface area contributed by atoms with Crippen molar-refractivity contribution in [2.75, 3.05) is 11.1 Å². The van der Waals surface area contributed by atoms with Crippen LogP contribution in [0.4, 0.5) is 17.2 Å². The third-order valence-electron chi connectivity index (χ3n) is 2.22. The number of nitrogens with one attached hydrogen (secondary N) is 1. The van der Waals surface area contributed by atoms with E-state index in [1.54, 1.807) is 12.1 Å². The third-order valence-corrected chi connectivity index (χ3v) is 3.41. The SMILES string of the molecule is N#Cc1nc(Nc2cc(Br)ccc2Br)ccc1N. The topological polar surface area (TPSA) is 74.7 Å². The van der Waals surface area contributed by atoms with Crippen molar-refractivity contribution >= 4 is 49.1 Å². The molecule has 2 rings (SSSR count). The highest BCUT2D eigenvalue weighted by molar-refractivity contribution is 9.11. The lowest BCUT2D eigenvalue weighted by Crippen LogP contribution is -1.99. The maximum atomic E-state index is 8.87. The van der Waals surface area contributed by atoms with Gasteiger partial charge in [0.2, 0.25) is 0 Å². The van der Waals surface area contributed by atoms with E-state index in [0.29, 0.717) is 11.5 Å². The lowest BCUT2D eigenvalue weighted by Gasteiger charge is -2.09. The molecule has 6 heteroatoms. The Morgan fingerprint density at radius 1 is 1.22 bits per heavy atom. The van der Waals surface area contributed by atoms with E-state index in [0.717, 1.165) is 14.6 Å². The van der Waals surface area contributed by atoms with Crippen molar-refractivity contribution in [2.45, 2.75) is 0 Å². The number of nitriles is 1. The van der Waals surface area contributed by atoms with Gasteiger partial charge in [0.1, 0.15) is 11.9 Å². The lowest BCUT2D eigenvalue weighted by molar-refractivity contribution is 1.26. The van der Waals surface area contributed by atoms with Gasteiger partial charge in [-0.15, -0.1) is 0 Å². The maximum Gasteiger partial charge on any atom is 0.165 e. The van der Waals surface area contributed by atoms with E-state index in [9.17, 15) is 0 Å². The molecule has 0 bridgehead atoms. The van der Waals surface area contributed by atoms with Crippen LogP contribution in [0, 0.1) is 11.3 Å². The Morgan fingerprint density at radius 3 is 2.72 bits per heavy atom. The second-order valence-corrected chi connectivity index (χ2v) is 5.27. The van der Waals surface area contributed by atoms with Crippen LogP contribution >= 0.6 is 31.9 Å². The third kappa shape index (κ3) is 2.81. The lowest BCUT2D eigenvalue weighted by atomic mass is 10.3. The molecule has 1 heterocycles. The van der Waals surface area contributed by atoms with Gasteiger partial charge in [-0.05, 0) is 46.3 Å². The number of halogens is 2. The Bertz CT molecular complexity index is 634. The molecule has 0 atom stereocenters. The van der Waals surface area contributed by atoms with Gasteiger partial charge < -0.3 is 11.1 Å². The first-order valence-corrected chi connectivity index (χ1v) is 6.57. The van der Waals surface area contributed by atoms with Crippen molar-refractivity contribution < 1.29 is 0 Å². The van der Waals surface area contributed by atoms with E-state index in [1.807, 2.05) is 24.3 Å². The van der Waals surface area contributed by atoms with Crippen LogP contribution < -0.4 is 11.1 Å². The van der Waals surface area contributed by atoms with Gasteiger partial charge >= 0.3 is 0 Å². The summed E-state index contributed by atoms with van der Waals surface area (Å²) in [5.41, 5.74) is 7.06. The molecule has 0 aliphatic carbocycles. The molecule has 0 radical (unpaired) electrons. The zero-order valence-corrected chi connectivity index (χ0v) is 12.3. The number of nitrogens with zero attached hydrogens (tertiary/aromatic N) is 2. The Balaban J connectivity index is 2.34. The molecule has 0 unspecified atom stereocenters. The monoisotopic (exact) mass is 366 g/mol. The van der Waals surface area contributed by atoms with Crippen LogP contribution in [0.1, 0.15) is 5.69 Å². The molecule has 1 aromatic heterocycles. The number of benzene rings is 1. The number of nitrogen functional groups attached to an aromatic ring is 1. The zero-order valence-electron chi connectivity index (χ0n) is 9.11. The van der Waals surface area contributed by atoms with Gasteiger partial charge in [0.25, 0.3) is 0 Å². The molecule has 0 aliphatic rings. The number of pyridine rings is 1. The first-order valence-electron chi connectivity index (χ1n) is 4.99. The minimum Gasteiger partial charge on any atom is -0.396 e. The van der Waals surface area contributed by atoms with Gasteiger partial charge in [0, 0.05) is 8.95 Å². The smallest absolute Gasteiger partial charge is 0.165 e. The highest BCUT2D eigenvalue weighted by Gasteiger charge is 2.05. The summed E-state index contributed by atoms with van der Waals surface area (Å²) in [6.45, 7) is 0. The highest BCUT2D eigenvalue weighted by Crippen LogP contribution is 2.28. The number of anilines is 3. The van der Waals surface area contributed by atoms with Crippen molar-refractivity contribution in [3.8, 4) is 6.07 Å². The summed E-state index contributed by atoms with van der Waals surface area (Å²) >= 11 is 6.83. The Labute approximate surface area is 121 Å². The molecular formula is C12H8Br2N4. The number of rotatable bonds is 2. The second kappa shape index (κ2) is 5.38. The van der Waals surface area contributed by atoms with Gasteiger partial charge in [-0.25, -0.2) is 4.98 Å². The molecular weight excluding hydrogens is 360 g/mol. The Morgan fingerprint density at radius 2 is 2.00 bits per heavy atom. The Kier molecular flexibility index (Phi) is 3.84. The number of hydrogen-bond acceptors (Lipinski definition) is 4. The first kappa shape index (κ1) is 12.9. The van der Waals surface area contributed by atoms with E-state index in [2.05, 4.69) is 42.2 Å². The van der Waals surface area contributed by atoms with E-state index in [-0.39, 0.29) is 5.69 Å².